The third kappa shape index (κ3) is 2.73. The number of carbonyl (C=O) groups excluding carboxylic acids is 4. The number of anilines is 1. The molecule has 2 aliphatic heterocycles. The standard InChI is InChI=1S/C27H17ClFNO5/c1-13-18(28)7-4-8-19(13)30-25(33)20-21(26(30)34)27(35-22(20)14-9-11-15(29)12-10-14)23(31)16-5-2-3-6-17(16)24(27)32/h2-12,20-22H,1H3. The van der Waals surface area contributed by atoms with Gasteiger partial charge in [0.05, 0.1) is 23.6 Å². The molecule has 0 saturated carbocycles. The number of Topliss-reactive ketones (excluding diaryl/α,β-unsaturated/α-hetero) is 2. The van der Waals surface area contributed by atoms with Crippen LogP contribution in [0.4, 0.5) is 10.1 Å². The largest absolute Gasteiger partial charge is 0.349 e. The molecular weight excluding hydrogens is 473 g/mol. The van der Waals surface area contributed by atoms with E-state index in [0.717, 1.165) is 4.90 Å². The normalized spacial score (nSPS) is 24.4. The molecule has 2 amide bonds. The average Bonchev–Trinajstić information content (AvgIpc) is 3.42. The molecule has 3 aromatic rings. The van der Waals surface area contributed by atoms with Gasteiger partial charge in [0, 0.05) is 16.1 Å². The molecule has 6 nitrogen and oxygen atoms in total. The van der Waals surface area contributed by atoms with Gasteiger partial charge in [-0.1, -0.05) is 54.1 Å². The van der Waals surface area contributed by atoms with Crippen LogP contribution in [0.1, 0.15) is 37.9 Å². The van der Waals surface area contributed by atoms with Crippen LogP contribution >= 0.6 is 11.6 Å². The van der Waals surface area contributed by atoms with Gasteiger partial charge in [0.15, 0.2) is 0 Å². The number of benzene rings is 3. The Balaban J connectivity index is 1.56. The maximum absolute atomic E-state index is 13.9. The fourth-order valence-electron chi connectivity index (χ4n) is 5.55. The lowest BCUT2D eigenvalue weighted by Gasteiger charge is -2.27. The minimum absolute atomic E-state index is 0.147. The Morgan fingerprint density at radius 2 is 1.49 bits per heavy atom. The van der Waals surface area contributed by atoms with Crippen molar-refractivity contribution in [3.05, 3.63) is 99.8 Å². The maximum atomic E-state index is 13.9. The molecule has 3 unspecified atom stereocenters. The van der Waals surface area contributed by atoms with E-state index >= 15 is 0 Å². The van der Waals surface area contributed by atoms with Gasteiger partial charge < -0.3 is 4.74 Å². The summed E-state index contributed by atoms with van der Waals surface area (Å²) in [5.74, 6) is -5.64. The number of nitrogens with zero attached hydrogens (tertiary/aromatic N) is 1. The second-order valence-electron chi connectivity index (χ2n) is 8.93. The van der Waals surface area contributed by atoms with Crippen LogP contribution in [0.25, 0.3) is 0 Å². The SMILES string of the molecule is Cc1c(Cl)cccc1N1C(=O)C2C(c3ccc(F)cc3)OC3(C(=O)c4ccccc4C3=O)C2C1=O. The number of hydrogen-bond donors (Lipinski definition) is 0. The Kier molecular flexibility index (Phi) is 4.62. The summed E-state index contributed by atoms with van der Waals surface area (Å²) in [6, 6.07) is 16.4. The molecule has 0 N–H and O–H groups in total. The number of halogens is 2. The average molecular weight is 490 g/mol. The minimum atomic E-state index is -2.18. The van der Waals surface area contributed by atoms with Gasteiger partial charge in [-0.25, -0.2) is 9.29 Å². The second-order valence-corrected chi connectivity index (χ2v) is 9.34. The van der Waals surface area contributed by atoms with Crippen LogP contribution in [0.3, 0.4) is 0 Å². The van der Waals surface area contributed by atoms with Crippen molar-refractivity contribution in [3.8, 4) is 0 Å². The lowest BCUT2D eigenvalue weighted by Crippen LogP contribution is -2.51. The topological polar surface area (TPSA) is 80.8 Å². The molecule has 35 heavy (non-hydrogen) atoms. The highest BCUT2D eigenvalue weighted by molar-refractivity contribution is 6.37. The lowest BCUT2D eigenvalue weighted by atomic mass is 9.77. The fourth-order valence-corrected chi connectivity index (χ4v) is 5.72. The quantitative estimate of drug-likeness (QED) is 0.391. The first-order chi connectivity index (χ1) is 16.8. The Hall–Kier alpha value is -3.68. The summed E-state index contributed by atoms with van der Waals surface area (Å²) in [5.41, 5.74) is -0.703. The Labute approximate surface area is 204 Å². The fraction of sp³-hybridized carbons (Fsp3) is 0.185. The number of rotatable bonds is 2. The van der Waals surface area contributed by atoms with E-state index in [1.54, 1.807) is 37.3 Å². The molecule has 3 aliphatic rings. The smallest absolute Gasteiger partial charge is 0.241 e. The van der Waals surface area contributed by atoms with Crippen molar-refractivity contribution >= 4 is 40.7 Å². The van der Waals surface area contributed by atoms with Gasteiger partial charge in [0.25, 0.3) is 0 Å². The van der Waals surface area contributed by atoms with Crippen molar-refractivity contribution in [2.45, 2.75) is 18.6 Å². The van der Waals surface area contributed by atoms with Crippen LogP contribution in [0, 0.1) is 24.6 Å². The van der Waals surface area contributed by atoms with Gasteiger partial charge in [-0.05, 0) is 42.3 Å². The van der Waals surface area contributed by atoms with Crippen molar-refractivity contribution < 1.29 is 28.3 Å². The van der Waals surface area contributed by atoms with E-state index in [0.29, 0.717) is 16.1 Å². The molecule has 174 valence electrons. The first-order valence-electron chi connectivity index (χ1n) is 11.0. The van der Waals surface area contributed by atoms with E-state index < -0.39 is 52.7 Å². The first kappa shape index (κ1) is 21.8. The Morgan fingerprint density at radius 1 is 0.857 bits per heavy atom. The molecule has 0 aromatic heterocycles. The van der Waals surface area contributed by atoms with Crippen LogP contribution in [-0.4, -0.2) is 29.0 Å². The molecule has 0 bridgehead atoms. The van der Waals surface area contributed by atoms with E-state index in [-0.39, 0.29) is 16.8 Å². The van der Waals surface area contributed by atoms with Gasteiger partial charge in [0.1, 0.15) is 5.82 Å². The molecule has 2 fully saturated rings. The second kappa shape index (κ2) is 7.41. The number of fused-ring (bicyclic) bond motifs is 3. The van der Waals surface area contributed by atoms with E-state index in [1.807, 2.05) is 0 Å². The third-order valence-corrected chi connectivity index (χ3v) is 7.61. The van der Waals surface area contributed by atoms with E-state index in [4.69, 9.17) is 16.3 Å². The van der Waals surface area contributed by atoms with E-state index in [1.165, 1.54) is 36.4 Å². The summed E-state index contributed by atoms with van der Waals surface area (Å²) in [4.78, 5) is 56.2. The summed E-state index contributed by atoms with van der Waals surface area (Å²) >= 11 is 6.26. The van der Waals surface area contributed by atoms with Crippen molar-refractivity contribution in [1.82, 2.24) is 0 Å². The predicted octanol–water partition coefficient (Wildman–Crippen LogP) is 4.48. The molecule has 2 saturated heterocycles. The monoisotopic (exact) mass is 489 g/mol. The number of carbonyl (C=O) groups is 4. The Morgan fingerprint density at radius 3 is 2.11 bits per heavy atom. The van der Waals surface area contributed by atoms with Gasteiger partial charge in [0.2, 0.25) is 29.0 Å². The zero-order chi connectivity index (χ0) is 24.6. The zero-order valence-corrected chi connectivity index (χ0v) is 19.1. The highest BCUT2D eigenvalue weighted by Gasteiger charge is 2.74. The number of imide groups is 1. The molecule has 6 rings (SSSR count). The van der Waals surface area contributed by atoms with Crippen LogP contribution in [0.5, 0.6) is 0 Å². The summed E-state index contributed by atoms with van der Waals surface area (Å²) < 4.78 is 19.8. The molecular formula is C27H17ClFNO5. The van der Waals surface area contributed by atoms with Crippen LogP contribution in [0.2, 0.25) is 5.02 Å². The third-order valence-electron chi connectivity index (χ3n) is 7.20. The molecule has 3 aromatic carbocycles. The molecule has 1 spiro atoms. The van der Waals surface area contributed by atoms with Crippen LogP contribution in [-0.2, 0) is 14.3 Å². The van der Waals surface area contributed by atoms with Gasteiger partial charge >= 0.3 is 0 Å². The van der Waals surface area contributed by atoms with Gasteiger partial charge in [-0.2, -0.15) is 0 Å². The van der Waals surface area contributed by atoms with Crippen molar-refractivity contribution in [2.24, 2.45) is 11.8 Å². The number of hydrogen-bond acceptors (Lipinski definition) is 5. The highest BCUT2D eigenvalue weighted by Crippen LogP contribution is 2.58. The molecule has 0 radical (unpaired) electrons. The van der Waals surface area contributed by atoms with E-state index in [2.05, 4.69) is 0 Å². The van der Waals surface area contributed by atoms with Gasteiger partial charge in [-0.15, -0.1) is 0 Å². The van der Waals surface area contributed by atoms with Gasteiger partial charge in [-0.3, -0.25) is 19.2 Å². The summed E-state index contributed by atoms with van der Waals surface area (Å²) in [5, 5.41) is 0.363. The predicted molar refractivity (Wildman–Crippen MR) is 124 cm³/mol. The van der Waals surface area contributed by atoms with Crippen molar-refractivity contribution in [2.75, 3.05) is 4.90 Å². The van der Waals surface area contributed by atoms with Crippen LogP contribution < -0.4 is 4.90 Å². The molecule has 8 heteroatoms. The minimum Gasteiger partial charge on any atom is -0.349 e. The summed E-state index contributed by atoms with van der Waals surface area (Å²) in [6.07, 6.45) is -1.11. The highest BCUT2D eigenvalue weighted by atomic mass is 35.5. The maximum Gasteiger partial charge on any atom is 0.241 e. The number of amides is 2. The molecule has 1 aliphatic carbocycles. The van der Waals surface area contributed by atoms with Crippen molar-refractivity contribution in [1.29, 1.82) is 0 Å². The summed E-state index contributed by atoms with van der Waals surface area (Å²) in [6.45, 7) is 1.68. The van der Waals surface area contributed by atoms with Crippen molar-refractivity contribution in [3.63, 3.8) is 0 Å². The molecule has 3 atom stereocenters. The van der Waals surface area contributed by atoms with Crippen LogP contribution in [0.15, 0.2) is 66.7 Å². The first-order valence-corrected chi connectivity index (χ1v) is 11.4. The lowest BCUT2D eigenvalue weighted by molar-refractivity contribution is -0.127. The zero-order valence-electron chi connectivity index (χ0n) is 18.3. The number of ether oxygens (including phenoxy) is 1. The molecule has 2 heterocycles. The number of ketones is 2. The Bertz CT molecular complexity index is 1430. The summed E-state index contributed by atoms with van der Waals surface area (Å²) in [7, 11) is 0. The van der Waals surface area contributed by atoms with E-state index in [9.17, 15) is 23.6 Å².